The van der Waals surface area contributed by atoms with E-state index in [0.717, 1.165) is 60.1 Å². The number of nitrogens with zero attached hydrogens (tertiary/aromatic N) is 5. The number of anilines is 2. The monoisotopic (exact) mass is 535 g/mol. The van der Waals surface area contributed by atoms with Crippen LogP contribution < -0.4 is 21.5 Å². The van der Waals surface area contributed by atoms with Crippen molar-refractivity contribution in [3.8, 4) is 5.69 Å². The molecule has 5 rings (SSSR count). The summed E-state index contributed by atoms with van der Waals surface area (Å²) in [5, 5.41) is 6.89. The minimum atomic E-state index is -0.971. The molecule has 11 heteroatoms. The molecule has 1 aliphatic rings. The van der Waals surface area contributed by atoms with Crippen molar-refractivity contribution in [2.45, 2.75) is 45.1 Å². The van der Waals surface area contributed by atoms with Crippen LogP contribution in [0.2, 0.25) is 0 Å². The molecule has 0 bridgehead atoms. The topological polar surface area (TPSA) is 111 Å². The number of fused-ring (bicyclic) bond motifs is 1. The van der Waals surface area contributed by atoms with Gasteiger partial charge in [-0.2, -0.15) is 9.78 Å². The molecule has 1 aliphatic heterocycles. The number of halogens is 2. The molecule has 4 aromatic rings. The van der Waals surface area contributed by atoms with Crippen molar-refractivity contribution in [3.05, 3.63) is 76.0 Å². The largest absolute Gasteiger partial charge is 0.364 e. The molecule has 1 saturated heterocycles. The Morgan fingerprint density at radius 2 is 1.82 bits per heavy atom. The van der Waals surface area contributed by atoms with E-state index in [-0.39, 0.29) is 17.2 Å². The molecule has 3 heterocycles. The lowest BCUT2D eigenvalue weighted by molar-refractivity contribution is 0.102. The molecule has 0 aliphatic carbocycles. The van der Waals surface area contributed by atoms with Crippen LogP contribution in [0.15, 0.2) is 47.3 Å². The Hall–Kier alpha value is -4.12. The van der Waals surface area contributed by atoms with Crippen molar-refractivity contribution in [2.24, 2.45) is 12.8 Å². The van der Waals surface area contributed by atoms with Crippen LogP contribution in [0.3, 0.4) is 0 Å². The predicted octanol–water partition coefficient (Wildman–Crippen LogP) is 3.87. The average Bonchev–Trinajstić information content (AvgIpc) is 3.49. The van der Waals surface area contributed by atoms with Crippen LogP contribution in [0.5, 0.6) is 0 Å². The van der Waals surface area contributed by atoms with Gasteiger partial charge in [0, 0.05) is 37.7 Å². The standard InChI is InChI=1S/C28H31F2N7O2/c1-28(2,3)27-33-23-21(35(27)4)12-10-19(25(23)36-14-6-7-16(36)15-31)32-26(39)20-11-13-22(38)37(34-20)24-17(29)8-5-9-18(24)30/h5,8-13,16H,6-7,14-15,31H2,1-4H3,(H,32,39)/t16-/m0/s1. The minimum absolute atomic E-state index is 0.0791. The molecule has 0 unspecified atom stereocenters. The smallest absolute Gasteiger partial charge is 0.276 e. The van der Waals surface area contributed by atoms with Crippen molar-refractivity contribution in [3.63, 3.8) is 0 Å². The summed E-state index contributed by atoms with van der Waals surface area (Å²) >= 11 is 0. The second kappa shape index (κ2) is 9.88. The van der Waals surface area contributed by atoms with Gasteiger partial charge in [-0.25, -0.2) is 13.8 Å². The first-order chi connectivity index (χ1) is 18.5. The molecular formula is C28H31F2N7O2. The Bertz CT molecular complexity index is 1620. The average molecular weight is 536 g/mol. The number of carbonyl (C=O) groups excluding carboxylic acids is 1. The van der Waals surface area contributed by atoms with Gasteiger partial charge >= 0.3 is 0 Å². The zero-order valence-electron chi connectivity index (χ0n) is 22.3. The van der Waals surface area contributed by atoms with Crippen molar-refractivity contribution < 1.29 is 13.6 Å². The van der Waals surface area contributed by atoms with E-state index in [1.54, 1.807) is 0 Å². The van der Waals surface area contributed by atoms with Crippen LogP contribution in [-0.4, -0.2) is 44.4 Å². The molecule has 0 radical (unpaired) electrons. The van der Waals surface area contributed by atoms with Gasteiger partial charge in [-0.15, -0.1) is 0 Å². The number of hydrogen-bond acceptors (Lipinski definition) is 6. The Kier molecular flexibility index (Phi) is 6.71. The number of benzene rings is 2. The van der Waals surface area contributed by atoms with Crippen molar-refractivity contribution >= 4 is 28.3 Å². The van der Waals surface area contributed by atoms with E-state index in [0.29, 0.717) is 16.9 Å². The maximum absolute atomic E-state index is 14.4. The predicted molar refractivity (Wildman–Crippen MR) is 147 cm³/mol. The van der Waals surface area contributed by atoms with Gasteiger partial charge in [0.05, 0.1) is 16.9 Å². The highest BCUT2D eigenvalue weighted by Gasteiger charge is 2.31. The Morgan fingerprint density at radius 1 is 1.10 bits per heavy atom. The number of nitrogens with one attached hydrogen (secondary N) is 1. The normalized spacial score (nSPS) is 15.8. The lowest BCUT2D eigenvalue weighted by Crippen LogP contribution is -2.36. The lowest BCUT2D eigenvalue weighted by atomic mass is 9.96. The fourth-order valence-electron chi connectivity index (χ4n) is 5.25. The quantitative estimate of drug-likeness (QED) is 0.401. The zero-order valence-corrected chi connectivity index (χ0v) is 22.3. The summed E-state index contributed by atoms with van der Waals surface area (Å²) in [6, 6.07) is 9.28. The maximum atomic E-state index is 14.4. The molecule has 39 heavy (non-hydrogen) atoms. The molecular weight excluding hydrogens is 504 g/mol. The third-order valence-electron chi connectivity index (χ3n) is 7.06. The van der Waals surface area contributed by atoms with Crippen LogP contribution in [-0.2, 0) is 12.5 Å². The molecule has 2 aromatic heterocycles. The number of imidazole rings is 1. The Morgan fingerprint density at radius 3 is 2.49 bits per heavy atom. The number of rotatable bonds is 5. The van der Waals surface area contributed by atoms with Crippen molar-refractivity contribution in [2.75, 3.05) is 23.3 Å². The number of aryl methyl sites for hydroxylation is 1. The van der Waals surface area contributed by atoms with Gasteiger partial charge in [0.1, 0.15) is 22.7 Å². The van der Waals surface area contributed by atoms with E-state index in [2.05, 4.69) is 40.7 Å². The third-order valence-corrected chi connectivity index (χ3v) is 7.06. The highest BCUT2D eigenvalue weighted by atomic mass is 19.1. The summed E-state index contributed by atoms with van der Waals surface area (Å²) in [6.07, 6.45) is 1.87. The first-order valence-corrected chi connectivity index (χ1v) is 12.8. The summed E-state index contributed by atoms with van der Waals surface area (Å²) in [5.74, 6) is -1.69. The molecule has 1 atom stereocenters. The van der Waals surface area contributed by atoms with E-state index in [1.807, 2.05) is 19.2 Å². The molecule has 2 aromatic carbocycles. The molecule has 3 N–H and O–H groups in total. The molecule has 1 fully saturated rings. The van der Waals surface area contributed by atoms with E-state index in [9.17, 15) is 18.4 Å². The van der Waals surface area contributed by atoms with Gasteiger partial charge < -0.3 is 20.5 Å². The van der Waals surface area contributed by atoms with Gasteiger partial charge in [-0.05, 0) is 43.2 Å². The zero-order chi connectivity index (χ0) is 28.1. The fourth-order valence-corrected chi connectivity index (χ4v) is 5.25. The summed E-state index contributed by atoms with van der Waals surface area (Å²) in [4.78, 5) is 33.0. The first kappa shape index (κ1) is 26.5. The molecule has 204 valence electrons. The number of nitrogens with two attached hydrogens (primary N) is 1. The van der Waals surface area contributed by atoms with Gasteiger partial charge in [0.15, 0.2) is 11.6 Å². The molecule has 9 nitrogen and oxygen atoms in total. The van der Waals surface area contributed by atoms with Crippen LogP contribution in [0, 0.1) is 11.6 Å². The second-order valence-corrected chi connectivity index (χ2v) is 10.8. The second-order valence-electron chi connectivity index (χ2n) is 10.8. The lowest BCUT2D eigenvalue weighted by Gasteiger charge is -2.28. The summed E-state index contributed by atoms with van der Waals surface area (Å²) in [6.45, 7) is 7.47. The maximum Gasteiger partial charge on any atom is 0.276 e. The molecule has 0 spiro atoms. The van der Waals surface area contributed by atoms with E-state index < -0.39 is 28.8 Å². The number of aromatic nitrogens is 4. The third kappa shape index (κ3) is 4.67. The van der Waals surface area contributed by atoms with E-state index in [4.69, 9.17) is 10.7 Å². The van der Waals surface area contributed by atoms with Crippen molar-refractivity contribution in [1.82, 2.24) is 19.3 Å². The van der Waals surface area contributed by atoms with Crippen molar-refractivity contribution in [1.29, 1.82) is 0 Å². The van der Waals surface area contributed by atoms with Gasteiger partial charge in [-0.1, -0.05) is 26.8 Å². The summed E-state index contributed by atoms with van der Waals surface area (Å²) in [7, 11) is 1.97. The summed E-state index contributed by atoms with van der Waals surface area (Å²) in [5.41, 5.74) is 7.20. The van der Waals surface area contributed by atoms with Gasteiger partial charge in [0.25, 0.3) is 11.5 Å². The van der Waals surface area contributed by atoms with Crippen LogP contribution in [0.25, 0.3) is 16.7 Å². The SMILES string of the molecule is Cn1c(C(C)(C)C)nc2c(N3CCC[C@H]3CN)c(NC(=O)c3ccc(=O)n(-c4c(F)cccc4F)n3)ccc21. The Balaban J connectivity index is 1.61. The van der Waals surface area contributed by atoms with E-state index >= 15 is 0 Å². The summed E-state index contributed by atoms with van der Waals surface area (Å²) < 4.78 is 31.4. The highest BCUT2D eigenvalue weighted by molar-refractivity contribution is 6.08. The fraction of sp³-hybridized carbons (Fsp3) is 0.357. The van der Waals surface area contributed by atoms with Crippen LogP contribution >= 0.6 is 0 Å². The van der Waals surface area contributed by atoms with Crippen LogP contribution in [0.4, 0.5) is 20.2 Å². The molecule has 1 amide bonds. The van der Waals surface area contributed by atoms with Gasteiger partial charge in [0.2, 0.25) is 0 Å². The van der Waals surface area contributed by atoms with Gasteiger partial charge in [-0.3, -0.25) is 9.59 Å². The number of hydrogen-bond donors (Lipinski definition) is 2. The Labute approximate surface area is 224 Å². The number of amides is 1. The molecule has 0 saturated carbocycles. The minimum Gasteiger partial charge on any atom is -0.364 e. The van der Waals surface area contributed by atoms with Crippen LogP contribution in [0.1, 0.15) is 49.9 Å². The first-order valence-electron chi connectivity index (χ1n) is 12.8. The number of para-hydroxylation sites is 1. The highest BCUT2D eigenvalue weighted by Crippen LogP contribution is 2.40. The van der Waals surface area contributed by atoms with E-state index in [1.165, 1.54) is 12.1 Å². The number of carbonyl (C=O) groups is 1.